The number of nitrogens with one attached hydrogen (secondary N) is 2. The number of nitrogens with zero attached hydrogens (tertiary/aromatic N) is 2. The molecule has 246 valence electrons. The van der Waals surface area contributed by atoms with Crippen LogP contribution in [0.2, 0.25) is 0 Å². The number of carbonyl (C=O) groups is 2. The van der Waals surface area contributed by atoms with Crippen molar-refractivity contribution in [2.24, 2.45) is 0 Å². The fourth-order valence-electron chi connectivity index (χ4n) is 5.37. The van der Waals surface area contributed by atoms with Crippen LogP contribution < -0.4 is 15.4 Å². The van der Waals surface area contributed by atoms with E-state index in [0.717, 1.165) is 47.1 Å². The summed E-state index contributed by atoms with van der Waals surface area (Å²) in [6.07, 6.45) is 0.951. The number of amides is 2. The van der Waals surface area contributed by atoms with Gasteiger partial charge in [0.2, 0.25) is 11.8 Å². The van der Waals surface area contributed by atoms with E-state index in [4.69, 9.17) is 4.74 Å². The first-order chi connectivity index (χ1) is 23.2. The van der Waals surface area contributed by atoms with Gasteiger partial charge in [0.15, 0.2) is 0 Å². The van der Waals surface area contributed by atoms with Crippen LogP contribution in [0.5, 0.6) is 5.88 Å². The Labute approximate surface area is 277 Å². The molecule has 0 atom stereocenters. The van der Waals surface area contributed by atoms with Crippen molar-refractivity contribution in [1.29, 1.82) is 0 Å². The van der Waals surface area contributed by atoms with Crippen molar-refractivity contribution in [2.75, 3.05) is 18.5 Å². The highest BCUT2D eigenvalue weighted by atomic mass is 19.4. The second-order valence-electron chi connectivity index (χ2n) is 11.2. The number of benzene rings is 3. The molecule has 5 aromatic rings. The number of anilines is 1. The van der Waals surface area contributed by atoms with Gasteiger partial charge in [0, 0.05) is 22.9 Å². The molecule has 2 aromatic heterocycles. The van der Waals surface area contributed by atoms with Crippen LogP contribution in [-0.2, 0) is 17.6 Å². The van der Waals surface area contributed by atoms with Gasteiger partial charge in [-0.25, -0.2) is 4.98 Å². The molecular formula is C38H35F3N4O3. The zero-order valence-corrected chi connectivity index (χ0v) is 26.4. The van der Waals surface area contributed by atoms with Gasteiger partial charge in [0.1, 0.15) is 6.54 Å². The molecule has 10 heteroatoms. The number of unbranched alkanes of at least 4 members (excludes halogenated alkanes) is 1. The molecule has 0 bridgehead atoms. The lowest BCUT2D eigenvalue weighted by Crippen LogP contribution is -2.34. The Balaban J connectivity index is 1.15. The van der Waals surface area contributed by atoms with Gasteiger partial charge in [-0.15, -0.1) is 0 Å². The van der Waals surface area contributed by atoms with Gasteiger partial charge >= 0.3 is 6.18 Å². The molecule has 0 unspecified atom stereocenters. The number of hydrogen-bond acceptors (Lipinski definition) is 5. The molecule has 0 aliphatic rings. The van der Waals surface area contributed by atoms with Crippen LogP contribution in [0.15, 0.2) is 109 Å². The molecule has 5 rings (SSSR count). The Hall–Kier alpha value is -5.51. The zero-order chi connectivity index (χ0) is 33.9. The van der Waals surface area contributed by atoms with E-state index in [-0.39, 0.29) is 12.3 Å². The highest BCUT2D eigenvalue weighted by Crippen LogP contribution is 2.29. The average Bonchev–Trinajstić information content (AvgIpc) is 3.08. The molecular weight excluding hydrogens is 617 g/mol. The van der Waals surface area contributed by atoms with Crippen LogP contribution in [0.3, 0.4) is 0 Å². The first kappa shape index (κ1) is 33.8. The molecule has 0 aliphatic heterocycles. The summed E-state index contributed by atoms with van der Waals surface area (Å²) in [6.45, 7) is 0.955. The normalized spacial score (nSPS) is 11.2. The Morgan fingerprint density at radius 1 is 0.792 bits per heavy atom. The van der Waals surface area contributed by atoms with Crippen molar-refractivity contribution in [3.8, 4) is 28.3 Å². The van der Waals surface area contributed by atoms with Gasteiger partial charge in [-0.3, -0.25) is 14.6 Å². The van der Waals surface area contributed by atoms with Crippen LogP contribution in [0.1, 0.15) is 39.9 Å². The molecule has 0 radical (unpaired) electrons. The van der Waals surface area contributed by atoms with E-state index < -0.39 is 18.6 Å². The predicted octanol–water partition coefficient (Wildman–Crippen LogP) is 7.99. The number of aryl methyl sites for hydroxylation is 2. The Bertz CT molecular complexity index is 1860. The van der Waals surface area contributed by atoms with Crippen LogP contribution in [0.25, 0.3) is 22.4 Å². The minimum Gasteiger partial charge on any atom is -0.477 e. The highest BCUT2D eigenvalue weighted by Gasteiger charge is 2.27. The first-order valence-corrected chi connectivity index (χ1v) is 15.6. The maximum absolute atomic E-state index is 13.2. The summed E-state index contributed by atoms with van der Waals surface area (Å²) in [7, 11) is 0. The minimum atomic E-state index is -4.46. The highest BCUT2D eigenvalue weighted by molar-refractivity contribution is 6.08. The molecule has 2 amide bonds. The number of alkyl halides is 3. The molecule has 48 heavy (non-hydrogen) atoms. The fourth-order valence-corrected chi connectivity index (χ4v) is 5.37. The number of hydrogen-bond donors (Lipinski definition) is 2. The molecule has 0 saturated heterocycles. The Kier molecular flexibility index (Phi) is 11.2. The third-order valence-corrected chi connectivity index (χ3v) is 7.64. The van der Waals surface area contributed by atoms with Gasteiger partial charge < -0.3 is 15.4 Å². The molecule has 7 nitrogen and oxygen atoms in total. The van der Waals surface area contributed by atoms with E-state index in [1.165, 1.54) is 0 Å². The lowest BCUT2D eigenvalue weighted by Gasteiger charge is -2.15. The monoisotopic (exact) mass is 652 g/mol. The minimum absolute atomic E-state index is 0.151. The lowest BCUT2D eigenvalue weighted by molar-refractivity contribution is -0.138. The van der Waals surface area contributed by atoms with Crippen LogP contribution >= 0.6 is 0 Å². The van der Waals surface area contributed by atoms with E-state index in [0.29, 0.717) is 35.0 Å². The van der Waals surface area contributed by atoms with Gasteiger partial charge in [0.05, 0.1) is 30.6 Å². The number of rotatable bonds is 13. The largest absolute Gasteiger partial charge is 0.477 e. The smallest absolute Gasteiger partial charge is 0.405 e. The van der Waals surface area contributed by atoms with Gasteiger partial charge in [0.25, 0.3) is 5.91 Å². The van der Waals surface area contributed by atoms with Crippen molar-refractivity contribution < 1.29 is 27.5 Å². The number of aromatic nitrogens is 2. The zero-order valence-electron chi connectivity index (χ0n) is 26.4. The summed E-state index contributed by atoms with van der Waals surface area (Å²) in [5.74, 6) is -0.460. The molecule has 0 fully saturated rings. The topological polar surface area (TPSA) is 93.2 Å². The Morgan fingerprint density at radius 3 is 2.17 bits per heavy atom. The quantitative estimate of drug-likeness (QED) is 0.126. The summed E-state index contributed by atoms with van der Waals surface area (Å²) < 4.78 is 43.7. The summed E-state index contributed by atoms with van der Waals surface area (Å²) in [5.41, 5.74) is 6.77. The molecule has 0 saturated carbocycles. The van der Waals surface area contributed by atoms with E-state index in [9.17, 15) is 22.8 Å². The van der Waals surface area contributed by atoms with Crippen LogP contribution in [0, 0.1) is 6.92 Å². The second-order valence-corrected chi connectivity index (χ2v) is 11.2. The molecule has 0 aliphatic carbocycles. The van der Waals surface area contributed by atoms with Crippen molar-refractivity contribution in [3.05, 3.63) is 132 Å². The number of carbonyl (C=O) groups excluding carboxylic acids is 2. The maximum atomic E-state index is 13.2. The molecule has 3 aromatic carbocycles. The third-order valence-electron chi connectivity index (χ3n) is 7.64. The summed E-state index contributed by atoms with van der Waals surface area (Å²) in [4.78, 5) is 34.2. The maximum Gasteiger partial charge on any atom is 0.405 e. The molecule has 2 heterocycles. The van der Waals surface area contributed by atoms with E-state index in [1.54, 1.807) is 30.6 Å². The first-order valence-electron chi connectivity index (χ1n) is 15.6. The third kappa shape index (κ3) is 9.28. The molecule has 0 spiro atoms. The van der Waals surface area contributed by atoms with Crippen molar-refractivity contribution in [3.63, 3.8) is 0 Å². The van der Waals surface area contributed by atoms with Crippen molar-refractivity contribution >= 4 is 17.5 Å². The van der Waals surface area contributed by atoms with Crippen molar-refractivity contribution in [2.45, 2.75) is 38.8 Å². The number of pyridine rings is 2. The second kappa shape index (κ2) is 15.9. The predicted molar refractivity (Wildman–Crippen MR) is 180 cm³/mol. The standard InChI is InChI=1S/C38H35F3N4O3/c1-26-22-29(45-36(47)33-18-7-6-17-32(33)34-19-8-10-20-42-34)24-43-37(26)48-21-11-9-13-27-12-2-4-15-30(27)31-16-5-3-14-28(31)23-35(46)44-25-38(39,40)41/h2-8,10,12,14-20,22,24H,9,11,13,21,23,25H2,1H3,(H,44,46)(H,45,47). The molecule has 2 N–H and O–H groups in total. The lowest BCUT2D eigenvalue weighted by atomic mass is 9.92. The fraction of sp³-hybridized carbons (Fsp3) is 0.211. The summed E-state index contributed by atoms with van der Waals surface area (Å²) in [5, 5.41) is 4.88. The van der Waals surface area contributed by atoms with Gasteiger partial charge in [-0.2, -0.15) is 13.2 Å². The number of ether oxygens (including phenoxy) is 1. The summed E-state index contributed by atoms with van der Waals surface area (Å²) in [6, 6.07) is 29.8. The van der Waals surface area contributed by atoms with Crippen LogP contribution in [0.4, 0.5) is 18.9 Å². The number of halogens is 3. The van der Waals surface area contributed by atoms with Gasteiger partial charge in [-0.1, -0.05) is 72.8 Å². The van der Waals surface area contributed by atoms with Crippen molar-refractivity contribution in [1.82, 2.24) is 15.3 Å². The van der Waals surface area contributed by atoms with E-state index >= 15 is 0 Å². The average molecular weight is 653 g/mol. The summed E-state index contributed by atoms with van der Waals surface area (Å²) >= 11 is 0. The Morgan fingerprint density at radius 2 is 1.46 bits per heavy atom. The van der Waals surface area contributed by atoms with E-state index in [2.05, 4.69) is 15.3 Å². The van der Waals surface area contributed by atoms with E-state index in [1.807, 2.05) is 91.1 Å². The van der Waals surface area contributed by atoms with Crippen LogP contribution in [-0.4, -0.2) is 41.1 Å². The van der Waals surface area contributed by atoms with Gasteiger partial charge in [-0.05, 0) is 72.7 Å². The SMILES string of the molecule is Cc1cc(NC(=O)c2ccccc2-c2ccccn2)cnc1OCCCCc1ccccc1-c1ccccc1CC(=O)NCC(F)(F)F.